The molecule has 0 radical (unpaired) electrons. The average molecular weight is 340 g/mol. The fourth-order valence-corrected chi connectivity index (χ4v) is 2.53. The number of halogens is 1. The Morgan fingerprint density at radius 3 is 2.45 bits per heavy atom. The lowest BCUT2D eigenvalue weighted by atomic mass is 10.0. The summed E-state index contributed by atoms with van der Waals surface area (Å²) >= 11 is 3.39. The van der Waals surface area contributed by atoms with Gasteiger partial charge in [0.05, 0.1) is 7.11 Å². The number of carbonyl (C=O) groups is 2. The van der Waals surface area contributed by atoms with Gasteiger partial charge in [0.2, 0.25) is 5.91 Å². The van der Waals surface area contributed by atoms with Crippen LogP contribution in [-0.2, 0) is 14.3 Å². The van der Waals surface area contributed by atoms with Gasteiger partial charge < -0.3 is 10.1 Å². The largest absolute Gasteiger partial charge is 0.467 e. The minimum Gasteiger partial charge on any atom is -0.467 e. The van der Waals surface area contributed by atoms with Gasteiger partial charge in [0.25, 0.3) is 0 Å². The molecular weight excluding hydrogens is 322 g/mol. The number of rotatable bonds is 4. The third kappa shape index (κ3) is 3.20. The molecule has 0 aromatic heterocycles. The van der Waals surface area contributed by atoms with Crippen LogP contribution in [-0.4, -0.2) is 24.5 Å². The van der Waals surface area contributed by atoms with E-state index in [9.17, 15) is 9.59 Å². The molecule has 0 saturated heterocycles. The summed E-state index contributed by atoms with van der Waals surface area (Å²) in [5, 5.41) is 2.76. The van der Waals surface area contributed by atoms with E-state index in [0.717, 1.165) is 16.5 Å². The van der Waals surface area contributed by atoms with Crippen molar-refractivity contribution in [3.05, 3.63) is 34.3 Å². The fourth-order valence-electron chi connectivity index (χ4n) is 2.27. The first-order valence-electron chi connectivity index (χ1n) is 6.51. The van der Waals surface area contributed by atoms with E-state index < -0.39 is 11.5 Å². The predicted octanol–water partition coefficient (Wildman–Crippen LogP) is 2.62. The van der Waals surface area contributed by atoms with E-state index in [1.807, 2.05) is 24.3 Å². The third-order valence-corrected chi connectivity index (χ3v) is 4.09. The number of carbonyl (C=O) groups excluding carboxylic acids is 2. The SMILES string of the molecule is COC(=O)C(C)(C)NC(=O)[C@H]1C[C@H]1c1ccc(Br)cc1. The molecule has 1 aromatic carbocycles. The molecule has 0 aliphatic heterocycles. The number of methoxy groups -OCH3 is 1. The Hall–Kier alpha value is -1.36. The van der Waals surface area contributed by atoms with Crippen LogP contribution in [0.1, 0.15) is 31.7 Å². The molecule has 5 heteroatoms. The normalized spacial score (nSPS) is 21.2. The molecule has 1 fully saturated rings. The minimum atomic E-state index is -0.987. The lowest BCUT2D eigenvalue weighted by Crippen LogP contribution is -2.51. The van der Waals surface area contributed by atoms with Crippen LogP contribution in [0.25, 0.3) is 0 Å². The summed E-state index contributed by atoms with van der Waals surface area (Å²) in [6, 6.07) is 7.99. The fraction of sp³-hybridized carbons (Fsp3) is 0.467. The van der Waals surface area contributed by atoms with Crippen LogP contribution >= 0.6 is 15.9 Å². The Labute approximate surface area is 127 Å². The zero-order chi connectivity index (χ0) is 14.9. The molecule has 0 spiro atoms. The van der Waals surface area contributed by atoms with Gasteiger partial charge in [0.1, 0.15) is 5.54 Å². The molecule has 1 amide bonds. The molecule has 1 saturated carbocycles. The van der Waals surface area contributed by atoms with Gasteiger partial charge >= 0.3 is 5.97 Å². The lowest BCUT2D eigenvalue weighted by Gasteiger charge is -2.23. The third-order valence-electron chi connectivity index (χ3n) is 3.56. The maximum atomic E-state index is 12.2. The van der Waals surface area contributed by atoms with Gasteiger partial charge in [-0.15, -0.1) is 0 Å². The Morgan fingerprint density at radius 2 is 1.90 bits per heavy atom. The van der Waals surface area contributed by atoms with Gasteiger partial charge in [-0.1, -0.05) is 28.1 Å². The maximum absolute atomic E-state index is 12.2. The summed E-state index contributed by atoms with van der Waals surface area (Å²) < 4.78 is 5.70. The van der Waals surface area contributed by atoms with Gasteiger partial charge in [-0.3, -0.25) is 4.79 Å². The quantitative estimate of drug-likeness (QED) is 0.858. The Kier molecular flexibility index (Phi) is 4.18. The first-order valence-corrected chi connectivity index (χ1v) is 7.30. The van der Waals surface area contributed by atoms with Gasteiger partial charge in [0.15, 0.2) is 0 Å². The number of hydrogen-bond donors (Lipinski definition) is 1. The van der Waals surface area contributed by atoms with E-state index in [-0.39, 0.29) is 17.7 Å². The lowest BCUT2D eigenvalue weighted by molar-refractivity contribution is -0.149. The van der Waals surface area contributed by atoms with Crippen molar-refractivity contribution in [1.82, 2.24) is 5.32 Å². The van der Waals surface area contributed by atoms with Gasteiger partial charge in [-0.25, -0.2) is 4.79 Å². The van der Waals surface area contributed by atoms with Crippen LogP contribution in [0.3, 0.4) is 0 Å². The minimum absolute atomic E-state index is 0.0555. The molecule has 2 rings (SSSR count). The van der Waals surface area contributed by atoms with E-state index in [1.165, 1.54) is 7.11 Å². The monoisotopic (exact) mass is 339 g/mol. The number of nitrogens with one attached hydrogen (secondary N) is 1. The number of esters is 1. The van der Waals surface area contributed by atoms with E-state index in [2.05, 4.69) is 26.0 Å². The highest BCUT2D eigenvalue weighted by molar-refractivity contribution is 9.10. The van der Waals surface area contributed by atoms with E-state index in [4.69, 9.17) is 0 Å². The molecule has 1 N–H and O–H groups in total. The van der Waals surface area contributed by atoms with Crippen LogP contribution in [0.4, 0.5) is 0 Å². The molecular formula is C15H18BrNO3. The second-order valence-corrected chi connectivity index (χ2v) is 6.52. The van der Waals surface area contributed by atoms with Crippen LogP contribution < -0.4 is 5.32 Å². The zero-order valence-electron chi connectivity index (χ0n) is 11.8. The van der Waals surface area contributed by atoms with Crippen molar-refractivity contribution in [3.8, 4) is 0 Å². The molecule has 2 atom stereocenters. The van der Waals surface area contributed by atoms with Gasteiger partial charge in [-0.2, -0.15) is 0 Å². The highest BCUT2D eigenvalue weighted by atomic mass is 79.9. The molecule has 0 bridgehead atoms. The highest BCUT2D eigenvalue weighted by Crippen LogP contribution is 2.47. The molecule has 1 aliphatic carbocycles. The summed E-state index contributed by atoms with van der Waals surface area (Å²) in [7, 11) is 1.32. The topological polar surface area (TPSA) is 55.4 Å². The van der Waals surface area contributed by atoms with Crippen molar-refractivity contribution < 1.29 is 14.3 Å². The summed E-state index contributed by atoms with van der Waals surface area (Å²) in [5.41, 5.74) is 0.169. The molecule has 0 heterocycles. The van der Waals surface area contributed by atoms with Crippen molar-refractivity contribution in [2.45, 2.75) is 31.7 Å². The molecule has 1 aliphatic rings. The van der Waals surface area contributed by atoms with Crippen molar-refractivity contribution in [3.63, 3.8) is 0 Å². The first kappa shape index (κ1) is 15.0. The standard InChI is InChI=1S/C15H18BrNO3/c1-15(2,14(19)20-3)17-13(18)12-8-11(12)9-4-6-10(16)7-5-9/h4-7,11-12H,8H2,1-3H3,(H,17,18)/t11-,12-/m0/s1. The predicted molar refractivity (Wildman–Crippen MR) is 79.2 cm³/mol. The number of benzene rings is 1. The van der Waals surface area contributed by atoms with Crippen molar-refractivity contribution in [2.75, 3.05) is 7.11 Å². The Bertz CT molecular complexity index is 524. The smallest absolute Gasteiger partial charge is 0.330 e. The summed E-state index contributed by atoms with van der Waals surface area (Å²) in [6.45, 7) is 3.29. The molecule has 4 nitrogen and oxygen atoms in total. The van der Waals surface area contributed by atoms with Gasteiger partial charge in [-0.05, 0) is 43.9 Å². The van der Waals surface area contributed by atoms with Crippen LogP contribution in [0.2, 0.25) is 0 Å². The van der Waals surface area contributed by atoms with E-state index >= 15 is 0 Å². The van der Waals surface area contributed by atoms with Gasteiger partial charge in [0, 0.05) is 10.4 Å². The Balaban J connectivity index is 1.96. The summed E-state index contributed by atoms with van der Waals surface area (Å²) in [5.74, 6) is -0.336. The number of ether oxygens (including phenoxy) is 1. The number of amides is 1. The second-order valence-electron chi connectivity index (χ2n) is 5.61. The van der Waals surface area contributed by atoms with Crippen molar-refractivity contribution in [1.29, 1.82) is 0 Å². The van der Waals surface area contributed by atoms with Crippen LogP contribution in [0.5, 0.6) is 0 Å². The van der Waals surface area contributed by atoms with E-state index in [0.29, 0.717) is 0 Å². The zero-order valence-corrected chi connectivity index (χ0v) is 13.4. The first-order chi connectivity index (χ1) is 9.35. The molecule has 20 heavy (non-hydrogen) atoms. The summed E-state index contributed by atoms with van der Waals surface area (Å²) in [6.07, 6.45) is 0.824. The second kappa shape index (κ2) is 5.56. The van der Waals surface area contributed by atoms with Crippen LogP contribution in [0.15, 0.2) is 28.7 Å². The van der Waals surface area contributed by atoms with Crippen LogP contribution in [0, 0.1) is 5.92 Å². The molecule has 0 unspecified atom stereocenters. The van der Waals surface area contributed by atoms with Crippen molar-refractivity contribution in [2.24, 2.45) is 5.92 Å². The Morgan fingerprint density at radius 1 is 1.30 bits per heavy atom. The average Bonchev–Trinajstić information content (AvgIpc) is 3.18. The van der Waals surface area contributed by atoms with E-state index in [1.54, 1.807) is 13.8 Å². The summed E-state index contributed by atoms with van der Waals surface area (Å²) in [4.78, 5) is 23.7. The molecule has 108 valence electrons. The molecule has 1 aromatic rings. The number of hydrogen-bond acceptors (Lipinski definition) is 3. The maximum Gasteiger partial charge on any atom is 0.330 e. The van der Waals surface area contributed by atoms with Crippen molar-refractivity contribution >= 4 is 27.8 Å². The highest BCUT2D eigenvalue weighted by Gasteiger charge is 2.46.